The molecule has 0 amide bonds. The molecule has 1 saturated heterocycles. The van der Waals surface area contributed by atoms with Crippen LogP contribution in [0.3, 0.4) is 0 Å². The maximum absolute atomic E-state index is 5.55. The molecule has 4 rings (SSSR count). The number of nitrogens with zero attached hydrogens (tertiary/aromatic N) is 1. The fourth-order valence-electron chi connectivity index (χ4n) is 5.18. The zero-order valence-corrected chi connectivity index (χ0v) is 14.5. The number of benzene rings is 1. The number of methoxy groups -OCH3 is 2. The predicted octanol–water partition coefficient (Wildman–Crippen LogP) is 4.20. The van der Waals surface area contributed by atoms with Crippen molar-refractivity contribution in [2.24, 2.45) is 11.8 Å². The molecule has 3 nitrogen and oxygen atoms in total. The topological polar surface area (TPSA) is 21.7 Å². The van der Waals surface area contributed by atoms with E-state index in [2.05, 4.69) is 17.0 Å². The van der Waals surface area contributed by atoms with E-state index in [9.17, 15) is 0 Å². The first kappa shape index (κ1) is 15.3. The Morgan fingerprint density at radius 2 is 1.70 bits per heavy atom. The highest BCUT2D eigenvalue weighted by atomic mass is 16.5. The van der Waals surface area contributed by atoms with Gasteiger partial charge in [0.2, 0.25) is 0 Å². The van der Waals surface area contributed by atoms with Gasteiger partial charge in [-0.2, -0.15) is 0 Å². The molecule has 3 heteroatoms. The molecule has 1 aromatic rings. The Hall–Kier alpha value is -1.22. The number of fused-ring (bicyclic) bond motifs is 3. The molecule has 0 bridgehead atoms. The van der Waals surface area contributed by atoms with Gasteiger partial charge in [0.05, 0.1) is 14.2 Å². The maximum Gasteiger partial charge on any atom is 0.161 e. The summed E-state index contributed by atoms with van der Waals surface area (Å²) in [5, 5.41) is 0. The van der Waals surface area contributed by atoms with Crippen LogP contribution in [0.2, 0.25) is 0 Å². The molecule has 2 fully saturated rings. The van der Waals surface area contributed by atoms with Crippen LogP contribution in [0, 0.1) is 11.8 Å². The Bertz CT molecular complexity index is 565. The van der Waals surface area contributed by atoms with Crippen LogP contribution in [0.1, 0.15) is 55.7 Å². The Labute approximate surface area is 140 Å². The largest absolute Gasteiger partial charge is 0.493 e. The van der Waals surface area contributed by atoms with E-state index in [-0.39, 0.29) is 0 Å². The van der Waals surface area contributed by atoms with Gasteiger partial charge in [0, 0.05) is 19.1 Å². The predicted molar refractivity (Wildman–Crippen MR) is 92.2 cm³/mol. The van der Waals surface area contributed by atoms with Crippen LogP contribution in [0.5, 0.6) is 11.5 Å². The number of ether oxygens (including phenoxy) is 2. The van der Waals surface area contributed by atoms with Crippen molar-refractivity contribution in [1.29, 1.82) is 0 Å². The average Bonchev–Trinajstić information content (AvgIpc) is 3.06. The summed E-state index contributed by atoms with van der Waals surface area (Å²) in [6.07, 6.45) is 9.77. The average molecular weight is 315 g/mol. The summed E-state index contributed by atoms with van der Waals surface area (Å²) in [6.45, 7) is 2.51. The van der Waals surface area contributed by atoms with Gasteiger partial charge in [-0.25, -0.2) is 0 Å². The van der Waals surface area contributed by atoms with Gasteiger partial charge in [-0.3, -0.25) is 4.90 Å². The molecule has 1 saturated carbocycles. The zero-order chi connectivity index (χ0) is 15.8. The van der Waals surface area contributed by atoms with Crippen LogP contribution in [-0.2, 0) is 6.42 Å². The molecular formula is C20H29NO2. The van der Waals surface area contributed by atoms with E-state index in [0.29, 0.717) is 6.04 Å². The second kappa shape index (κ2) is 6.35. The summed E-state index contributed by atoms with van der Waals surface area (Å²) in [7, 11) is 3.47. The standard InChI is InChI=1S/C20H29NO2/c1-22-19-11-15-8-9-21-13-16(14-6-4-3-5-7-14)10-18(21)17(15)12-20(19)23-2/h11-12,14,16,18H,3-10,13H2,1-2H3/t16-,18+/m0/s1. The minimum absolute atomic E-state index is 0.602. The van der Waals surface area contributed by atoms with E-state index in [4.69, 9.17) is 9.47 Å². The molecule has 0 N–H and O–H groups in total. The van der Waals surface area contributed by atoms with Crippen molar-refractivity contribution in [2.45, 2.75) is 51.0 Å². The Morgan fingerprint density at radius 3 is 2.43 bits per heavy atom. The van der Waals surface area contributed by atoms with Crippen LogP contribution in [-0.4, -0.2) is 32.2 Å². The monoisotopic (exact) mass is 315 g/mol. The highest BCUT2D eigenvalue weighted by Gasteiger charge is 2.40. The summed E-state index contributed by atoms with van der Waals surface area (Å²) < 4.78 is 11.0. The lowest BCUT2D eigenvalue weighted by Crippen LogP contribution is -2.32. The summed E-state index contributed by atoms with van der Waals surface area (Å²) >= 11 is 0. The first-order valence-corrected chi connectivity index (χ1v) is 9.29. The lowest BCUT2D eigenvalue weighted by molar-refractivity contribution is 0.219. The minimum atomic E-state index is 0.602. The SMILES string of the molecule is COc1cc2c(cc1OC)[C@H]1C[C@H](C3CCCCC3)CN1CC2. The van der Waals surface area contributed by atoms with Crippen LogP contribution in [0.15, 0.2) is 12.1 Å². The highest BCUT2D eigenvalue weighted by molar-refractivity contribution is 5.49. The van der Waals surface area contributed by atoms with Crippen molar-refractivity contribution in [1.82, 2.24) is 4.90 Å². The van der Waals surface area contributed by atoms with E-state index in [0.717, 1.165) is 29.8 Å². The quantitative estimate of drug-likeness (QED) is 0.834. The fraction of sp³-hybridized carbons (Fsp3) is 0.700. The Kier molecular flexibility index (Phi) is 4.23. The van der Waals surface area contributed by atoms with E-state index in [1.807, 2.05) is 0 Å². The van der Waals surface area contributed by atoms with Crippen LogP contribution < -0.4 is 9.47 Å². The molecule has 23 heavy (non-hydrogen) atoms. The summed E-state index contributed by atoms with van der Waals surface area (Å²) in [4.78, 5) is 2.73. The van der Waals surface area contributed by atoms with E-state index >= 15 is 0 Å². The molecule has 2 heterocycles. The van der Waals surface area contributed by atoms with Gasteiger partial charge in [0.25, 0.3) is 0 Å². The Morgan fingerprint density at radius 1 is 0.957 bits per heavy atom. The normalized spacial score (nSPS) is 28.3. The van der Waals surface area contributed by atoms with E-state index in [1.54, 1.807) is 14.2 Å². The lowest BCUT2D eigenvalue weighted by Gasteiger charge is -2.32. The first-order valence-electron chi connectivity index (χ1n) is 9.29. The molecule has 1 aromatic carbocycles. The highest BCUT2D eigenvalue weighted by Crippen LogP contribution is 2.47. The third-order valence-electron chi connectivity index (χ3n) is 6.43. The van der Waals surface area contributed by atoms with Gasteiger partial charge in [0.1, 0.15) is 0 Å². The number of rotatable bonds is 3. The van der Waals surface area contributed by atoms with Crippen molar-refractivity contribution in [3.05, 3.63) is 23.3 Å². The van der Waals surface area contributed by atoms with Gasteiger partial charge >= 0.3 is 0 Å². The van der Waals surface area contributed by atoms with Gasteiger partial charge in [0.15, 0.2) is 11.5 Å². The van der Waals surface area contributed by atoms with Crippen molar-refractivity contribution in [3.8, 4) is 11.5 Å². The van der Waals surface area contributed by atoms with Crippen molar-refractivity contribution < 1.29 is 9.47 Å². The van der Waals surface area contributed by atoms with E-state index < -0.39 is 0 Å². The van der Waals surface area contributed by atoms with Gasteiger partial charge in [-0.15, -0.1) is 0 Å². The molecule has 2 atom stereocenters. The van der Waals surface area contributed by atoms with Gasteiger partial charge < -0.3 is 9.47 Å². The maximum atomic E-state index is 5.55. The molecule has 0 aromatic heterocycles. The zero-order valence-electron chi connectivity index (χ0n) is 14.5. The van der Waals surface area contributed by atoms with Crippen LogP contribution >= 0.6 is 0 Å². The molecule has 0 unspecified atom stereocenters. The lowest BCUT2D eigenvalue weighted by atomic mass is 9.78. The first-order chi connectivity index (χ1) is 11.3. The molecule has 3 aliphatic rings. The molecule has 0 radical (unpaired) electrons. The van der Waals surface area contributed by atoms with Crippen molar-refractivity contribution in [2.75, 3.05) is 27.3 Å². The molecule has 126 valence electrons. The molecular weight excluding hydrogens is 286 g/mol. The second-order valence-corrected chi connectivity index (χ2v) is 7.56. The molecule has 2 aliphatic heterocycles. The van der Waals surface area contributed by atoms with Gasteiger partial charge in [-0.05, 0) is 47.9 Å². The van der Waals surface area contributed by atoms with Crippen LogP contribution in [0.25, 0.3) is 0 Å². The summed E-state index contributed by atoms with van der Waals surface area (Å²) in [5.41, 5.74) is 2.96. The molecule has 1 aliphatic carbocycles. The van der Waals surface area contributed by atoms with Crippen LogP contribution in [0.4, 0.5) is 0 Å². The van der Waals surface area contributed by atoms with Crippen molar-refractivity contribution in [3.63, 3.8) is 0 Å². The summed E-state index contributed by atoms with van der Waals surface area (Å²) in [5.74, 6) is 3.63. The van der Waals surface area contributed by atoms with Gasteiger partial charge in [-0.1, -0.05) is 32.1 Å². The third-order valence-corrected chi connectivity index (χ3v) is 6.43. The van der Waals surface area contributed by atoms with Crippen molar-refractivity contribution >= 4 is 0 Å². The third kappa shape index (κ3) is 2.73. The number of hydrogen-bond acceptors (Lipinski definition) is 3. The minimum Gasteiger partial charge on any atom is -0.493 e. The smallest absolute Gasteiger partial charge is 0.161 e. The fourth-order valence-corrected chi connectivity index (χ4v) is 5.18. The molecule has 0 spiro atoms. The second-order valence-electron chi connectivity index (χ2n) is 7.56. The Balaban J connectivity index is 1.59. The van der Waals surface area contributed by atoms with E-state index in [1.165, 1.54) is 62.7 Å². The number of hydrogen-bond donors (Lipinski definition) is 0. The summed E-state index contributed by atoms with van der Waals surface area (Å²) in [6, 6.07) is 5.05.